The zero-order valence-corrected chi connectivity index (χ0v) is 14.3. The van der Waals surface area contributed by atoms with Gasteiger partial charge in [-0.1, -0.05) is 78.9 Å². The molecule has 5 heteroatoms. The van der Waals surface area contributed by atoms with Gasteiger partial charge in [-0.2, -0.15) is 0 Å². The van der Waals surface area contributed by atoms with Crippen LogP contribution in [-0.4, -0.2) is 22.0 Å². The predicted molar refractivity (Wildman–Crippen MR) is 102 cm³/mol. The number of halogens is 2. The number of fused-ring (bicyclic) bond motifs is 1. The average Bonchev–Trinajstić information content (AvgIpc) is 2.82. The van der Waals surface area contributed by atoms with Gasteiger partial charge in [0.2, 0.25) is 0 Å². The van der Waals surface area contributed by atoms with Gasteiger partial charge in [0.05, 0.1) is 5.70 Å². The SMILES string of the molecule is F[B-]1(F)N(Cc2ccccc2)C2=CC=CC=CC2=[N+]1Cc1ccccc1. The summed E-state index contributed by atoms with van der Waals surface area (Å²) in [5.74, 6) is 0. The Labute approximate surface area is 152 Å². The predicted octanol–water partition coefficient (Wildman–Crippen LogP) is 4.54. The average molecular weight is 348 g/mol. The molecule has 0 radical (unpaired) electrons. The quantitative estimate of drug-likeness (QED) is 0.736. The maximum atomic E-state index is 15.5. The van der Waals surface area contributed by atoms with Crippen LogP contribution in [0.15, 0.2) is 96.7 Å². The van der Waals surface area contributed by atoms with E-state index in [-0.39, 0.29) is 13.1 Å². The van der Waals surface area contributed by atoms with Crippen molar-refractivity contribution in [2.24, 2.45) is 0 Å². The molecule has 0 N–H and O–H groups in total. The number of allylic oxidation sites excluding steroid dienone is 5. The molecule has 2 aliphatic rings. The van der Waals surface area contributed by atoms with Gasteiger partial charge in [0.15, 0.2) is 5.71 Å². The molecule has 2 nitrogen and oxygen atoms in total. The molecule has 0 saturated heterocycles. The molecule has 0 unspecified atom stereocenters. The molecule has 0 bridgehead atoms. The van der Waals surface area contributed by atoms with E-state index in [9.17, 15) is 0 Å². The summed E-state index contributed by atoms with van der Waals surface area (Å²) in [6.07, 6.45) is 9.05. The highest BCUT2D eigenvalue weighted by atomic mass is 19.2. The Hall–Kier alpha value is -2.95. The smallest absolute Gasteiger partial charge is 0.412 e. The van der Waals surface area contributed by atoms with E-state index in [2.05, 4.69) is 0 Å². The Kier molecular flexibility index (Phi) is 4.29. The van der Waals surface area contributed by atoms with Gasteiger partial charge in [0.25, 0.3) is 0 Å². The summed E-state index contributed by atoms with van der Waals surface area (Å²) in [6, 6.07) is 18.8. The molecule has 1 aliphatic carbocycles. The van der Waals surface area contributed by atoms with Crippen molar-refractivity contribution >= 4 is 12.7 Å². The fourth-order valence-corrected chi connectivity index (χ4v) is 3.47. The molecule has 0 aromatic heterocycles. The first-order valence-corrected chi connectivity index (χ1v) is 8.72. The van der Waals surface area contributed by atoms with Crippen molar-refractivity contribution in [1.82, 2.24) is 4.81 Å². The first-order valence-electron chi connectivity index (χ1n) is 8.72. The van der Waals surface area contributed by atoms with Crippen LogP contribution in [0.3, 0.4) is 0 Å². The zero-order chi connectivity index (χ0) is 18.0. The van der Waals surface area contributed by atoms with Gasteiger partial charge in [-0.05, 0) is 11.6 Å². The molecule has 2 aromatic rings. The summed E-state index contributed by atoms with van der Waals surface area (Å²) in [6.45, 7) is -3.53. The van der Waals surface area contributed by atoms with Crippen LogP contribution >= 0.6 is 0 Å². The molecule has 0 saturated carbocycles. The third-order valence-electron chi connectivity index (χ3n) is 4.75. The Morgan fingerprint density at radius 3 is 2.15 bits per heavy atom. The molecular formula is C21H19BF2N2. The van der Waals surface area contributed by atoms with Gasteiger partial charge in [-0.15, -0.1) is 0 Å². The maximum Gasteiger partial charge on any atom is 0.728 e. The van der Waals surface area contributed by atoms with Crippen molar-refractivity contribution in [3.63, 3.8) is 0 Å². The fraction of sp³-hybridized carbons (Fsp3) is 0.0952. The minimum atomic E-state index is -3.89. The highest BCUT2D eigenvalue weighted by molar-refractivity contribution is 6.58. The first kappa shape index (κ1) is 16.5. The van der Waals surface area contributed by atoms with Crippen molar-refractivity contribution in [2.45, 2.75) is 13.1 Å². The molecule has 4 rings (SSSR count). The van der Waals surface area contributed by atoms with E-state index in [0.29, 0.717) is 11.4 Å². The van der Waals surface area contributed by atoms with E-state index < -0.39 is 6.97 Å². The molecule has 2 aromatic carbocycles. The molecule has 26 heavy (non-hydrogen) atoms. The lowest BCUT2D eigenvalue weighted by Crippen LogP contribution is -2.49. The minimum absolute atomic E-state index is 0.177. The van der Waals surface area contributed by atoms with E-state index >= 15 is 8.63 Å². The van der Waals surface area contributed by atoms with Crippen molar-refractivity contribution in [3.8, 4) is 0 Å². The lowest BCUT2D eigenvalue weighted by Gasteiger charge is -2.30. The van der Waals surface area contributed by atoms with Gasteiger partial charge >= 0.3 is 6.97 Å². The number of hydrogen-bond acceptors (Lipinski definition) is 1. The number of benzene rings is 2. The first-order chi connectivity index (χ1) is 12.7. The van der Waals surface area contributed by atoms with Gasteiger partial charge in [0, 0.05) is 18.2 Å². The number of rotatable bonds is 4. The molecule has 1 aliphatic heterocycles. The fourth-order valence-electron chi connectivity index (χ4n) is 3.47. The Bertz CT molecular complexity index is 916. The lowest BCUT2D eigenvalue weighted by atomic mass is 9.93. The third kappa shape index (κ3) is 3.01. The molecule has 130 valence electrons. The van der Waals surface area contributed by atoms with Crippen LogP contribution in [0.2, 0.25) is 0 Å². The molecule has 0 fully saturated rings. The molecule has 0 atom stereocenters. The topological polar surface area (TPSA) is 6.25 Å². The van der Waals surface area contributed by atoms with E-state index in [1.165, 1.54) is 9.30 Å². The molecular weight excluding hydrogens is 329 g/mol. The van der Waals surface area contributed by atoms with Crippen LogP contribution in [0.1, 0.15) is 11.1 Å². The number of hydrogen-bond donors (Lipinski definition) is 0. The summed E-state index contributed by atoms with van der Waals surface area (Å²) in [5, 5.41) is 0. The van der Waals surface area contributed by atoms with Gasteiger partial charge in [-0.3, -0.25) is 0 Å². The van der Waals surface area contributed by atoms with Gasteiger partial charge in [-0.25, -0.2) is 0 Å². The highest BCUT2D eigenvalue weighted by Crippen LogP contribution is 2.33. The summed E-state index contributed by atoms with van der Waals surface area (Å²) in [7, 11) is 0. The molecule has 1 heterocycles. The van der Waals surface area contributed by atoms with Crippen LogP contribution in [0.4, 0.5) is 8.63 Å². The highest BCUT2D eigenvalue weighted by Gasteiger charge is 2.56. The van der Waals surface area contributed by atoms with Crippen molar-refractivity contribution in [1.29, 1.82) is 0 Å². The van der Waals surface area contributed by atoms with E-state index in [0.717, 1.165) is 11.1 Å². The second-order valence-corrected chi connectivity index (χ2v) is 6.50. The number of nitrogens with zero attached hydrogens (tertiary/aromatic N) is 2. The van der Waals surface area contributed by atoms with Crippen molar-refractivity contribution in [3.05, 3.63) is 108 Å². The standard InChI is InChI=1S/C21H19BF2N2/c23-22(24)25(16-18-10-4-1-5-11-18)20-14-8-3-9-15-21(20)26(22)17-19-12-6-2-7-13-19/h1-15H,16-17H2. The van der Waals surface area contributed by atoms with Crippen LogP contribution in [0, 0.1) is 0 Å². The summed E-state index contributed by atoms with van der Waals surface area (Å²) >= 11 is 0. The van der Waals surface area contributed by atoms with Crippen LogP contribution in [0.25, 0.3) is 0 Å². The van der Waals surface area contributed by atoms with Gasteiger partial charge < -0.3 is 17.9 Å². The van der Waals surface area contributed by atoms with E-state index in [4.69, 9.17) is 0 Å². The minimum Gasteiger partial charge on any atom is -0.412 e. The Morgan fingerprint density at radius 1 is 0.808 bits per heavy atom. The monoisotopic (exact) mass is 348 g/mol. The summed E-state index contributed by atoms with van der Waals surface area (Å²) in [5.41, 5.74) is 2.88. The second-order valence-electron chi connectivity index (χ2n) is 6.50. The van der Waals surface area contributed by atoms with Crippen molar-refractivity contribution in [2.75, 3.05) is 0 Å². The Morgan fingerprint density at radius 2 is 1.46 bits per heavy atom. The van der Waals surface area contributed by atoms with E-state index in [1.54, 1.807) is 12.2 Å². The lowest BCUT2D eigenvalue weighted by molar-refractivity contribution is -0.441. The van der Waals surface area contributed by atoms with Crippen molar-refractivity contribution < 1.29 is 13.1 Å². The van der Waals surface area contributed by atoms with Crippen LogP contribution in [-0.2, 0) is 13.1 Å². The second kappa shape index (κ2) is 6.75. The van der Waals surface area contributed by atoms with Crippen LogP contribution < -0.4 is 0 Å². The molecule has 0 spiro atoms. The maximum absolute atomic E-state index is 15.5. The van der Waals surface area contributed by atoms with Crippen LogP contribution in [0.5, 0.6) is 0 Å². The summed E-state index contributed by atoms with van der Waals surface area (Å²) < 4.78 is 32.2. The largest absolute Gasteiger partial charge is 0.728 e. The summed E-state index contributed by atoms with van der Waals surface area (Å²) in [4.78, 5) is 1.24. The molecule has 0 amide bonds. The zero-order valence-electron chi connectivity index (χ0n) is 14.3. The van der Waals surface area contributed by atoms with Gasteiger partial charge in [0.1, 0.15) is 6.54 Å². The van der Waals surface area contributed by atoms with E-state index in [1.807, 2.05) is 78.9 Å². The normalized spacial score (nSPS) is 17.9. The Balaban J connectivity index is 1.75. The third-order valence-corrected chi connectivity index (χ3v) is 4.75.